The predicted molar refractivity (Wildman–Crippen MR) is 61.9 cm³/mol. The Labute approximate surface area is 83.7 Å². The minimum Gasteiger partial charge on any atom is -0.0999 e. The van der Waals surface area contributed by atoms with Crippen LogP contribution in [-0.4, -0.2) is 0 Å². The molecule has 0 aromatic rings. The molecule has 0 N–H and O–H groups in total. The van der Waals surface area contributed by atoms with E-state index in [1.54, 1.807) is 0 Å². The van der Waals surface area contributed by atoms with Crippen molar-refractivity contribution < 1.29 is 0 Å². The Bertz CT molecular complexity index is 179. The highest BCUT2D eigenvalue weighted by Crippen LogP contribution is 2.26. The second-order valence-electron chi connectivity index (χ2n) is 5.09. The third-order valence-electron chi connectivity index (χ3n) is 2.11. The first-order chi connectivity index (χ1) is 5.85. The summed E-state index contributed by atoms with van der Waals surface area (Å²) in [6.07, 6.45) is 4.46. The molecule has 0 heteroatoms. The fourth-order valence-electron chi connectivity index (χ4n) is 1.37. The highest BCUT2D eigenvalue weighted by Gasteiger charge is 2.11. The van der Waals surface area contributed by atoms with E-state index in [0.29, 0.717) is 5.41 Å². The molecule has 0 aliphatic heterocycles. The van der Waals surface area contributed by atoms with Gasteiger partial charge >= 0.3 is 0 Å². The SMILES string of the molecule is C=C(CC)CCC(=C)CC(C)(C)C. The van der Waals surface area contributed by atoms with Gasteiger partial charge in [0.2, 0.25) is 0 Å². The monoisotopic (exact) mass is 180 g/mol. The third kappa shape index (κ3) is 7.83. The quantitative estimate of drug-likeness (QED) is 0.537. The minimum absolute atomic E-state index is 0.380. The standard InChI is InChI=1S/C13H24/c1-7-11(2)8-9-12(3)10-13(4,5)6/h2-3,7-10H2,1,4-6H3. The molecular formula is C13H24. The number of hydrogen-bond donors (Lipinski definition) is 0. The summed E-state index contributed by atoms with van der Waals surface area (Å²) in [4.78, 5) is 0. The Morgan fingerprint density at radius 1 is 1.00 bits per heavy atom. The van der Waals surface area contributed by atoms with Crippen LogP contribution in [0.25, 0.3) is 0 Å². The summed E-state index contributed by atoms with van der Waals surface area (Å²) in [6.45, 7) is 17.0. The summed E-state index contributed by atoms with van der Waals surface area (Å²) in [6, 6.07) is 0. The maximum Gasteiger partial charge on any atom is -0.0274 e. The van der Waals surface area contributed by atoms with E-state index < -0.39 is 0 Å². The van der Waals surface area contributed by atoms with E-state index in [0.717, 1.165) is 25.7 Å². The van der Waals surface area contributed by atoms with Gasteiger partial charge in [-0.2, -0.15) is 0 Å². The lowest BCUT2D eigenvalue weighted by Gasteiger charge is -2.19. The Hall–Kier alpha value is -0.520. The van der Waals surface area contributed by atoms with Crippen molar-refractivity contribution in [2.45, 2.75) is 53.4 Å². The molecule has 0 nitrogen and oxygen atoms in total. The lowest BCUT2D eigenvalue weighted by Crippen LogP contribution is -2.05. The Balaban J connectivity index is 3.71. The fourth-order valence-corrected chi connectivity index (χ4v) is 1.37. The number of hydrogen-bond acceptors (Lipinski definition) is 0. The number of rotatable bonds is 5. The second kappa shape index (κ2) is 5.26. The maximum atomic E-state index is 4.11. The van der Waals surface area contributed by atoms with Gasteiger partial charge in [0.05, 0.1) is 0 Å². The maximum absolute atomic E-state index is 4.11. The van der Waals surface area contributed by atoms with E-state index in [4.69, 9.17) is 0 Å². The van der Waals surface area contributed by atoms with Crippen molar-refractivity contribution in [2.75, 3.05) is 0 Å². The van der Waals surface area contributed by atoms with Crippen molar-refractivity contribution >= 4 is 0 Å². The van der Waals surface area contributed by atoms with Crippen molar-refractivity contribution in [3.63, 3.8) is 0 Å². The van der Waals surface area contributed by atoms with Crippen molar-refractivity contribution in [3.8, 4) is 0 Å². The Kier molecular flexibility index (Phi) is 5.05. The molecule has 0 rings (SSSR count). The molecule has 0 amide bonds. The van der Waals surface area contributed by atoms with E-state index in [9.17, 15) is 0 Å². The highest BCUT2D eigenvalue weighted by molar-refractivity contribution is 5.03. The first-order valence-corrected chi connectivity index (χ1v) is 5.18. The minimum atomic E-state index is 0.380. The summed E-state index contributed by atoms with van der Waals surface area (Å²) in [5, 5.41) is 0. The van der Waals surface area contributed by atoms with Crippen LogP contribution in [0.15, 0.2) is 24.3 Å². The van der Waals surface area contributed by atoms with Gasteiger partial charge in [0.25, 0.3) is 0 Å². The van der Waals surface area contributed by atoms with Crippen molar-refractivity contribution in [2.24, 2.45) is 5.41 Å². The van der Waals surface area contributed by atoms with Crippen LogP contribution < -0.4 is 0 Å². The van der Waals surface area contributed by atoms with E-state index in [-0.39, 0.29) is 0 Å². The average molecular weight is 180 g/mol. The summed E-state index contributed by atoms with van der Waals surface area (Å²) < 4.78 is 0. The van der Waals surface area contributed by atoms with Gasteiger partial charge in [-0.1, -0.05) is 52.0 Å². The molecule has 76 valence electrons. The van der Waals surface area contributed by atoms with Crippen LogP contribution in [0, 0.1) is 5.41 Å². The predicted octanol–water partition coefficient (Wildman–Crippen LogP) is 4.73. The largest absolute Gasteiger partial charge is 0.0999 e. The first-order valence-electron chi connectivity index (χ1n) is 5.18. The van der Waals surface area contributed by atoms with Gasteiger partial charge in [0.1, 0.15) is 0 Å². The highest BCUT2D eigenvalue weighted by atomic mass is 14.2. The van der Waals surface area contributed by atoms with Crippen LogP contribution in [0.4, 0.5) is 0 Å². The summed E-state index contributed by atoms with van der Waals surface area (Å²) in [5.41, 5.74) is 3.09. The molecule has 0 radical (unpaired) electrons. The van der Waals surface area contributed by atoms with Gasteiger partial charge in [-0.05, 0) is 31.1 Å². The van der Waals surface area contributed by atoms with Gasteiger partial charge in [-0.3, -0.25) is 0 Å². The summed E-state index contributed by atoms with van der Waals surface area (Å²) in [5.74, 6) is 0. The van der Waals surface area contributed by atoms with E-state index in [2.05, 4.69) is 40.9 Å². The van der Waals surface area contributed by atoms with Crippen molar-refractivity contribution in [3.05, 3.63) is 24.3 Å². The smallest absolute Gasteiger partial charge is 0.0274 e. The van der Waals surface area contributed by atoms with Gasteiger partial charge in [-0.25, -0.2) is 0 Å². The molecule has 0 unspecified atom stereocenters. The lowest BCUT2D eigenvalue weighted by atomic mass is 9.86. The molecule has 0 saturated heterocycles. The zero-order chi connectivity index (χ0) is 10.5. The van der Waals surface area contributed by atoms with Gasteiger partial charge in [-0.15, -0.1) is 0 Å². The molecule has 0 saturated carbocycles. The topological polar surface area (TPSA) is 0 Å². The van der Waals surface area contributed by atoms with Crippen molar-refractivity contribution in [1.29, 1.82) is 0 Å². The molecule has 0 spiro atoms. The van der Waals surface area contributed by atoms with E-state index in [1.807, 2.05) is 0 Å². The van der Waals surface area contributed by atoms with Crippen LogP contribution in [-0.2, 0) is 0 Å². The van der Waals surface area contributed by atoms with Crippen LogP contribution in [0.2, 0.25) is 0 Å². The van der Waals surface area contributed by atoms with Gasteiger partial charge in [0, 0.05) is 0 Å². The molecule has 0 fully saturated rings. The third-order valence-corrected chi connectivity index (χ3v) is 2.11. The van der Waals surface area contributed by atoms with Crippen LogP contribution in [0.1, 0.15) is 53.4 Å². The van der Waals surface area contributed by atoms with Crippen LogP contribution in [0.3, 0.4) is 0 Å². The second-order valence-corrected chi connectivity index (χ2v) is 5.09. The lowest BCUT2D eigenvalue weighted by molar-refractivity contribution is 0.404. The van der Waals surface area contributed by atoms with Crippen LogP contribution >= 0.6 is 0 Å². The molecule has 0 atom stereocenters. The van der Waals surface area contributed by atoms with Crippen molar-refractivity contribution in [1.82, 2.24) is 0 Å². The molecule has 0 aromatic heterocycles. The zero-order valence-corrected chi connectivity index (χ0v) is 9.74. The van der Waals surface area contributed by atoms with Crippen LogP contribution in [0.5, 0.6) is 0 Å². The molecule has 0 aromatic carbocycles. The normalized spacial score (nSPS) is 11.4. The average Bonchev–Trinajstić information content (AvgIpc) is 1.97. The first kappa shape index (κ1) is 12.5. The Morgan fingerprint density at radius 2 is 1.46 bits per heavy atom. The molecule has 0 aliphatic carbocycles. The molecule has 0 aliphatic rings. The van der Waals surface area contributed by atoms with Gasteiger partial charge < -0.3 is 0 Å². The van der Waals surface area contributed by atoms with E-state index >= 15 is 0 Å². The molecule has 13 heavy (non-hydrogen) atoms. The number of allylic oxidation sites excluding steroid dienone is 2. The Morgan fingerprint density at radius 3 is 1.85 bits per heavy atom. The molecule has 0 heterocycles. The van der Waals surface area contributed by atoms with Gasteiger partial charge in [0.15, 0.2) is 0 Å². The van der Waals surface area contributed by atoms with E-state index in [1.165, 1.54) is 11.1 Å². The summed E-state index contributed by atoms with van der Waals surface area (Å²) in [7, 11) is 0. The molecular weight excluding hydrogens is 156 g/mol. The summed E-state index contributed by atoms with van der Waals surface area (Å²) >= 11 is 0. The zero-order valence-electron chi connectivity index (χ0n) is 9.74. The molecule has 0 bridgehead atoms. The fraction of sp³-hybridized carbons (Fsp3) is 0.692.